The summed E-state index contributed by atoms with van der Waals surface area (Å²) < 4.78 is 6.04. The second-order valence-electron chi connectivity index (χ2n) is 7.44. The minimum atomic E-state index is -0.893. The standard InChI is InChI=1S/C17H21NO4/c1-18-7-6-16-13-9-2-3-10(19)14(13)22-15(16)11(20)4-5-17(16,21)12(18)8-9/h2-3,11-12,15,19-21H,4-8H2,1H3/t11-,12?,15-,16-,17+/m0/s1. The Bertz CT molecular complexity index is 677. The van der Waals surface area contributed by atoms with E-state index < -0.39 is 23.2 Å². The molecule has 2 bridgehead atoms. The quantitative estimate of drug-likeness (QED) is 0.652. The molecule has 118 valence electrons. The molecular weight excluding hydrogens is 282 g/mol. The molecule has 2 aliphatic heterocycles. The summed E-state index contributed by atoms with van der Waals surface area (Å²) in [6, 6.07) is 3.67. The molecule has 1 spiro atoms. The molecule has 1 saturated carbocycles. The molecule has 4 aliphatic rings. The second kappa shape index (κ2) is 3.78. The molecule has 0 radical (unpaired) electrons. The number of hydrogen-bond donors (Lipinski definition) is 3. The zero-order chi connectivity index (χ0) is 15.3. The average Bonchev–Trinajstić information content (AvgIpc) is 2.85. The first kappa shape index (κ1) is 13.2. The predicted octanol–water partition coefficient (Wildman–Crippen LogP) is 0.537. The minimum absolute atomic E-state index is 0.0443. The maximum Gasteiger partial charge on any atom is 0.165 e. The number of hydrogen-bond acceptors (Lipinski definition) is 5. The molecule has 0 aromatic heterocycles. The van der Waals surface area contributed by atoms with Crippen LogP contribution in [0.2, 0.25) is 0 Å². The predicted molar refractivity (Wildman–Crippen MR) is 79.1 cm³/mol. The average molecular weight is 303 g/mol. The number of nitrogens with zero attached hydrogens (tertiary/aromatic N) is 1. The second-order valence-corrected chi connectivity index (χ2v) is 7.44. The van der Waals surface area contributed by atoms with E-state index in [4.69, 9.17) is 4.74 Å². The van der Waals surface area contributed by atoms with Crippen molar-refractivity contribution in [3.8, 4) is 11.5 Å². The van der Waals surface area contributed by atoms with E-state index in [1.165, 1.54) is 0 Å². The highest BCUT2D eigenvalue weighted by Crippen LogP contribution is 2.65. The Balaban J connectivity index is 1.86. The Morgan fingerprint density at radius 1 is 1.32 bits per heavy atom. The van der Waals surface area contributed by atoms with E-state index in [1.54, 1.807) is 6.07 Å². The van der Waals surface area contributed by atoms with E-state index in [0.29, 0.717) is 18.6 Å². The van der Waals surface area contributed by atoms with E-state index in [9.17, 15) is 15.3 Å². The number of phenols is 1. The maximum atomic E-state index is 11.7. The third kappa shape index (κ3) is 1.17. The summed E-state index contributed by atoms with van der Waals surface area (Å²) in [4.78, 5) is 2.24. The van der Waals surface area contributed by atoms with Crippen LogP contribution in [-0.2, 0) is 11.8 Å². The summed E-state index contributed by atoms with van der Waals surface area (Å²) in [7, 11) is 2.07. The van der Waals surface area contributed by atoms with Gasteiger partial charge in [-0.1, -0.05) is 6.07 Å². The fourth-order valence-electron chi connectivity index (χ4n) is 5.73. The topological polar surface area (TPSA) is 73.2 Å². The number of phenolic OH excluding ortho intramolecular Hbond substituents is 1. The highest BCUT2D eigenvalue weighted by atomic mass is 16.5. The van der Waals surface area contributed by atoms with Gasteiger partial charge in [0.15, 0.2) is 11.5 Å². The number of aliphatic hydroxyl groups is 2. The lowest BCUT2D eigenvalue weighted by Gasteiger charge is -2.63. The third-order valence-corrected chi connectivity index (χ3v) is 6.70. The van der Waals surface area contributed by atoms with E-state index in [1.807, 2.05) is 6.07 Å². The molecule has 5 nitrogen and oxygen atoms in total. The van der Waals surface area contributed by atoms with Crippen LogP contribution in [-0.4, -0.2) is 57.7 Å². The van der Waals surface area contributed by atoms with Gasteiger partial charge in [0.25, 0.3) is 0 Å². The zero-order valence-electron chi connectivity index (χ0n) is 12.6. The fraction of sp³-hybridized carbons (Fsp3) is 0.647. The SMILES string of the molecule is CN1CC[C@]23c4c5ccc(O)c4O[C@H]2[C@@H](O)CC[C@@]3(O)C1C5. The summed E-state index contributed by atoms with van der Waals surface area (Å²) in [5.74, 6) is 0.610. The van der Waals surface area contributed by atoms with Crippen LogP contribution >= 0.6 is 0 Å². The molecule has 2 heterocycles. The Labute approximate surface area is 129 Å². The Morgan fingerprint density at radius 3 is 2.95 bits per heavy atom. The molecule has 5 rings (SSSR count). The van der Waals surface area contributed by atoms with Gasteiger partial charge in [0.1, 0.15) is 6.10 Å². The molecule has 1 aromatic carbocycles. The summed E-state index contributed by atoms with van der Waals surface area (Å²) in [6.45, 7) is 0.869. The number of benzene rings is 1. The normalized spacial score (nSPS) is 45.3. The van der Waals surface area contributed by atoms with Crippen LogP contribution in [0, 0.1) is 0 Å². The molecule has 22 heavy (non-hydrogen) atoms. The van der Waals surface area contributed by atoms with Crippen molar-refractivity contribution in [2.24, 2.45) is 0 Å². The monoisotopic (exact) mass is 303 g/mol. The van der Waals surface area contributed by atoms with Crippen LogP contribution < -0.4 is 4.74 Å². The van der Waals surface area contributed by atoms with E-state index >= 15 is 0 Å². The first-order chi connectivity index (χ1) is 10.5. The van der Waals surface area contributed by atoms with E-state index in [2.05, 4.69) is 11.9 Å². The van der Waals surface area contributed by atoms with Crippen LogP contribution in [0.15, 0.2) is 12.1 Å². The van der Waals surface area contributed by atoms with Gasteiger partial charge in [0.05, 0.1) is 17.1 Å². The molecule has 0 amide bonds. The van der Waals surface area contributed by atoms with Gasteiger partial charge in [-0.05, 0) is 50.9 Å². The van der Waals surface area contributed by atoms with Crippen LogP contribution in [0.1, 0.15) is 30.4 Å². The molecule has 2 aliphatic carbocycles. The molecule has 1 saturated heterocycles. The lowest BCUT2D eigenvalue weighted by Crippen LogP contribution is -2.76. The van der Waals surface area contributed by atoms with Crippen molar-refractivity contribution in [2.45, 2.75) is 54.9 Å². The van der Waals surface area contributed by atoms with Gasteiger partial charge in [-0.25, -0.2) is 0 Å². The number of piperidine rings is 1. The first-order valence-electron chi connectivity index (χ1n) is 8.12. The summed E-state index contributed by atoms with van der Waals surface area (Å²) >= 11 is 0. The molecular formula is C17H21NO4. The first-order valence-corrected chi connectivity index (χ1v) is 8.12. The van der Waals surface area contributed by atoms with Crippen molar-refractivity contribution in [1.29, 1.82) is 0 Å². The largest absolute Gasteiger partial charge is 0.504 e. The Kier molecular flexibility index (Phi) is 2.26. The van der Waals surface area contributed by atoms with Crippen LogP contribution in [0.25, 0.3) is 0 Å². The fourth-order valence-corrected chi connectivity index (χ4v) is 5.73. The number of rotatable bonds is 0. The van der Waals surface area contributed by atoms with Crippen molar-refractivity contribution in [2.75, 3.05) is 13.6 Å². The van der Waals surface area contributed by atoms with Gasteiger partial charge in [-0.3, -0.25) is 0 Å². The highest BCUT2D eigenvalue weighted by molar-refractivity contribution is 5.62. The third-order valence-electron chi connectivity index (χ3n) is 6.70. The molecule has 5 atom stereocenters. The van der Waals surface area contributed by atoms with Crippen molar-refractivity contribution in [3.05, 3.63) is 23.3 Å². The van der Waals surface area contributed by atoms with Crippen molar-refractivity contribution >= 4 is 0 Å². The smallest absolute Gasteiger partial charge is 0.165 e. The lowest BCUT2D eigenvalue weighted by atomic mass is 9.49. The van der Waals surface area contributed by atoms with E-state index in [0.717, 1.165) is 30.5 Å². The van der Waals surface area contributed by atoms with Crippen molar-refractivity contribution < 1.29 is 20.1 Å². The maximum absolute atomic E-state index is 11.7. The van der Waals surface area contributed by atoms with Crippen LogP contribution in [0.5, 0.6) is 11.5 Å². The molecule has 5 heteroatoms. The number of aliphatic hydroxyl groups excluding tert-OH is 1. The number of ether oxygens (including phenoxy) is 1. The molecule has 1 aromatic rings. The van der Waals surface area contributed by atoms with Crippen molar-refractivity contribution in [3.63, 3.8) is 0 Å². The highest BCUT2D eigenvalue weighted by Gasteiger charge is 2.72. The number of aromatic hydroxyl groups is 1. The number of likely N-dealkylation sites (N-methyl/N-ethyl adjacent to an activating group) is 1. The Hall–Kier alpha value is -1.30. The van der Waals surface area contributed by atoms with Crippen LogP contribution in [0.4, 0.5) is 0 Å². The van der Waals surface area contributed by atoms with E-state index in [-0.39, 0.29) is 11.8 Å². The van der Waals surface area contributed by atoms with Gasteiger partial charge in [0.2, 0.25) is 0 Å². The number of likely N-dealkylation sites (tertiary alicyclic amines) is 1. The van der Waals surface area contributed by atoms with Gasteiger partial charge in [-0.2, -0.15) is 0 Å². The van der Waals surface area contributed by atoms with Gasteiger partial charge >= 0.3 is 0 Å². The zero-order valence-corrected chi connectivity index (χ0v) is 12.6. The van der Waals surface area contributed by atoms with Crippen molar-refractivity contribution in [1.82, 2.24) is 4.90 Å². The summed E-state index contributed by atoms with van der Waals surface area (Å²) in [5.41, 5.74) is 0.633. The summed E-state index contributed by atoms with van der Waals surface area (Å²) in [6.07, 6.45) is 1.59. The minimum Gasteiger partial charge on any atom is -0.504 e. The lowest BCUT2D eigenvalue weighted by molar-refractivity contribution is -0.204. The molecule has 2 fully saturated rings. The summed E-state index contributed by atoms with van der Waals surface area (Å²) in [5, 5.41) is 32.4. The van der Waals surface area contributed by atoms with Gasteiger partial charge < -0.3 is 25.0 Å². The van der Waals surface area contributed by atoms with Gasteiger partial charge in [-0.15, -0.1) is 0 Å². The Morgan fingerprint density at radius 2 is 2.14 bits per heavy atom. The van der Waals surface area contributed by atoms with Gasteiger partial charge in [0, 0.05) is 11.6 Å². The van der Waals surface area contributed by atoms with Crippen LogP contribution in [0.3, 0.4) is 0 Å². The molecule has 3 N–H and O–H groups in total. The molecule has 1 unspecified atom stereocenters.